The maximum Gasteiger partial charge on any atom is 0.135 e. The monoisotopic (exact) mass is 815 g/mol. The van der Waals surface area contributed by atoms with Crippen molar-refractivity contribution in [2.75, 3.05) is 4.90 Å². The van der Waals surface area contributed by atoms with E-state index in [0.717, 1.165) is 27.6 Å². The van der Waals surface area contributed by atoms with Crippen LogP contribution in [0.25, 0.3) is 77.2 Å². The van der Waals surface area contributed by atoms with Gasteiger partial charge in [-0.1, -0.05) is 178 Å². The molecule has 11 aromatic rings. The predicted molar refractivity (Wildman–Crippen MR) is 265 cm³/mol. The van der Waals surface area contributed by atoms with E-state index in [2.05, 4.69) is 219 Å². The van der Waals surface area contributed by atoms with Gasteiger partial charge in [-0.3, -0.25) is 0 Å². The van der Waals surface area contributed by atoms with Crippen molar-refractivity contribution in [3.8, 4) is 44.5 Å². The minimum atomic E-state index is -0.414. The molecule has 1 spiro atoms. The van der Waals surface area contributed by atoms with Crippen molar-refractivity contribution in [2.45, 2.75) is 24.7 Å². The zero-order valence-corrected chi connectivity index (χ0v) is 35.6. The molecule has 300 valence electrons. The molecule has 10 aromatic carbocycles. The molecule has 0 saturated heterocycles. The number of furan rings is 1. The molecule has 1 aromatic heterocycles. The number of nitrogens with zero attached hydrogens (tertiary/aromatic N) is 1. The fourth-order valence-corrected chi connectivity index (χ4v) is 12.1. The molecule has 64 heavy (non-hydrogen) atoms. The van der Waals surface area contributed by atoms with Crippen LogP contribution in [0.2, 0.25) is 0 Å². The van der Waals surface area contributed by atoms with Gasteiger partial charge in [-0.15, -0.1) is 0 Å². The van der Waals surface area contributed by atoms with E-state index in [1.165, 1.54) is 100 Å². The minimum Gasteiger partial charge on any atom is -0.456 e. The van der Waals surface area contributed by atoms with Crippen molar-refractivity contribution in [3.05, 3.63) is 246 Å². The minimum absolute atomic E-state index is 0.220. The summed E-state index contributed by atoms with van der Waals surface area (Å²) in [6, 6.07) is 79.1. The highest BCUT2D eigenvalue weighted by Gasteiger charge is 2.52. The smallest absolute Gasteiger partial charge is 0.135 e. The summed E-state index contributed by atoms with van der Waals surface area (Å²) in [6.45, 7) is 4.73. The molecule has 0 saturated carbocycles. The van der Waals surface area contributed by atoms with Crippen molar-refractivity contribution < 1.29 is 4.42 Å². The van der Waals surface area contributed by atoms with Crippen molar-refractivity contribution in [1.29, 1.82) is 0 Å². The Hall–Kier alpha value is -7.94. The summed E-state index contributed by atoms with van der Waals surface area (Å²) in [5, 5.41) is 4.88. The molecule has 0 radical (unpaired) electrons. The van der Waals surface area contributed by atoms with Crippen LogP contribution in [0.4, 0.5) is 17.1 Å². The van der Waals surface area contributed by atoms with E-state index in [1.807, 2.05) is 12.1 Å². The first-order chi connectivity index (χ1) is 31.5. The fourth-order valence-electron chi connectivity index (χ4n) is 12.1. The highest BCUT2D eigenvalue weighted by atomic mass is 16.3. The van der Waals surface area contributed by atoms with E-state index >= 15 is 0 Å². The standard InChI is InChI=1S/C62H41NO/c1-61(2)51-22-10-11-24-55(51)63(56-34-29-41(37-54(56)61)40-30-35-58-48(36-40)45-16-7-12-25-57(45)64-58)42-31-26-39(27-32-42)44-19-13-23-52-59(44)46-17-5-8-20-49(46)62(52)50-21-9-6-18-47(50)60-43-15-4-3-14-38(43)28-33-53(60)62/h3-37H,1-2H3. The third kappa shape index (κ3) is 4.59. The van der Waals surface area contributed by atoms with Gasteiger partial charge < -0.3 is 9.32 Å². The fraction of sp³-hybridized carbons (Fsp3) is 0.0645. The molecule has 2 heterocycles. The summed E-state index contributed by atoms with van der Waals surface area (Å²) in [7, 11) is 0. The second-order valence-corrected chi connectivity index (χ2v) is 18.3. The first kappa shape index (κ1) is 35.6. The third-order valence-corrected chi connectivity index (χ3v) is 14.9. The van der Waals surface area contributed by atoms with Gasteiger partial charge in [0.15, 0.2) is 0 Å². The molecule has 2 nitrogen and oxygen atoms in total. The van der Waals surface area contributed by atoms with E-state index in [4.69, 9.17) is 4.42 Å². The van der Waals surface area contributed by atoms with Crippen molar-refractivity contribution in [3.63, 3.8) is 0 Å². The first-order valence-electron chi connectivity index (χ1n) is 22.4. The molecule has 2 heteroatoms. The zero-order chi connectivity index (χ0) is 42.3. The van der Waals surface area contributed by atoms with Gasteiger partial charge in [0.05, 0.1) is 16.8 Å². The summed E-state index contributed by atoms with van der Waals surface area (Å²) in [5.74, 6) is 0. The average molecular weight is 816 g/mol. The number of rotatable bonds is 3. The lowest BCUT2D eigenvalue weighted by molar-refractivity contribution is 0.632. The number of para-hydroxylation sites is 2. The van der Waals surface area contributed by atoms with E-state index in [-0.39, 0.29) is 5.41 Å². The highest BCUT2D eigenvalue weighted by Crippen LogP contribution is 2.65. The second-order valence-electron chi connectivity index (χ2n) is 18.3. The molecule has 3 aliphatic rings. The Kier molecular flexibility index (Phi) is 7.13. The predicted octanol–water partition coefficient (Wildman–Crippen LogP) is 16.5. The lowest BCUT2D eigenvalue weighted by Gasteiger charge is -2.42. The second kappa shape index (κ2) is 12.8. The lowest BCUT2D eigenvalue weighted by atomic mass is 9.70. The molecular formula is C62H41NO. The largest absolute Gasteiger partial charge is 0.456 e. The van der Waals surface area contributed by atoms with Crippen molar-refractivity contribution in [1.82, 2.24) is 0 Å². The molecule has 0 amide bonds. The number of hydrogen-bond donors (Lipinski definition) is 0. The number of anilines is 3. The van der Waals surface area contributed by atoms with Gasteiger partial charge in [0.25, 0.3) is 0 Å². The summed E-state index contributed by atoms with van der Waals surface area (Å²) in [4.78, 5) is 2.46. The SMILES string of the molecule is CC1(C)c2ccccc2N(c2ccc(-c3cccc4c3-c3ccccc3C43c4ccccc4-c4c3ccc3ccccc43)cc2)c2ccc(-c3ccc4oc5ccccc5c4c3)cc21. The van der Waals surface area contributed by atoms with Crippen LogP contribution in [0.3, 0.4) is 0 Å². The Balaban J connectivity index is 0.911. The molecule has 1 unspecified atom stereocenters. The van der Waals surface area contributed by atoms with Gasteiger partial charge in [-0.2, -0.15) is 0 Å². The van der Waals surface area contributed by atoms with Gasteiger partial charge in [-0.05, 0) is 137 Å². The first-order valence-corrected chi connectivity index (χ1v) is 22.4. The van der Waals surface area contributed by atoms with Gasteiger partial charge in [0.1, 0.15) is 11.2 Å². The summed E-state index contributed by atoms with van der Waals surface area (Å²) in [5.41, 5.74) is 23.0. The summed E-state index contributed by atoms with van der Waals surface area (Å²) < 4.78 is 6.20. The maximum atomic E-state index is 6.20. The molecule has 1 atom stereocenters. The Labute approximate surface area is 372 Å². The third-order valence-electron chi connectivity index (χ3n) is 14.9. The molecule has 0 bridgehead atoms. The van der Waals surface area contributed by atoms with Crippen molar-refractivity contribution >= 4 is 49.8 Å². The lowest BCUT2D eigenvalue weighted by Crippen LogP contribution is -2.30. The van der Waals surface area contributed by atoms with Gasteiger partial charge in [0, 0.05) is 21.9 Å². The van der Waals surface area contributed by atoms with E-state index < -0.39 is 5.41 Å². The highest BCUT2D eigenvalue weighted by molar-refractivity contribution is 6.08. The van der Waals surface area contributed by atoms with Crippen LogP contribution in [0.5, 0.6) is 0 Å². The van der Waals surface area contributed by atoms with E-state index in [9.17, 15) is 0 Å². The molecule has 0 N–H and O–H groups in total. The van der Waals surface area contributed by atoms with Crippen LogP contribution < -0.4 is 4.90 Å². The van der Waals surface area contributed by atoms with Gasteiger partial charge in [0.2, 0.25) is 0 Å². The quantitative estimate of drug-likeness (QED) is 0.177. The number of benzene rings is 10. The molecule has 1 aliphatic heterocycles. The Morgan fingerprint density at radius 2 is 0.938 bits per heavy atom. The van der Waals surface area contributed by atoms with Crippen LogP contribution in [0.15, 0.2) is 217 Å². The zero-order valence-electron chi connectivity index (χ0n) is 35.6. The maximum absolute atomic E-state index is 6.20. The Bertz CT molecular complexity index is 3770. The Morgan fingerprint density at radius 1 is 0.359 bits per heavy atom. The van der Waals surface area contributed by atoms with Gasteiger partial charge in [-0.25, -0.2) is 0 Å². The molecule has 2 aliphatic carbocycles. The van der Waals surface area contributed by atoms with Crippen LogP contribution in [0.1, 0.15) is 47.2 Å². The van der Waals surface area contributed by atoms with Crippen LogP contribution in [0, 0.1) is 0 Å². The van der Waals surface area contributed by atoms with Crippen molar-refractivity contribution in [2.24, 2.45) is 0 Å². The van der Waals surface area contributed by atoms with Crippen LogP contribution in [-0.4, -0.2) is 0 Å². The van der Waals surface area contributed by atoms with E-state index in [0.29, 0.717) is 0 Å². The number of hydrogen-bond acceptors (Lipinski definition) is 2. The van der Waals surface area contributed by atoms with Gasteiger partial charge >= 0.3 is 0 Å². The molecule has 14 rings (SSSR count). The van der Waals surface area contributed by atoms with Crippen LogP contribution in [-0.2, 0) is 10.8 Å². The Morgan fingerprint density at radius 3 is 1.77 bits per heavy atom. The normalized spacial score (nSPS) is 16.1. The van der Waals surface area contributed by atoms with E-state index in [1.54, 1.807) is 0 Å². The molecule has 0 fully saturated rings. The number of fused-ring (bicyclic) bond motifs is 17. The summed E-state index contributed by atoms with van der Waals surface area (Å²) >= 11 is 0. The van der Waals surface area contributed by atoms with Crippen LogP contribution >= 0.6 is 0 Å². The topological polar surface area (TPSA) is 16.4 Å². The summed E-state index contributed by atoms with van der Waals surface area (Å²) in [6.07, 6.45) is 0. The average Bonchev–Trinajstić information content (AvgIpc) is 3.98. The molecular weight excluding hydrogens is 775 g/mol.